The van der Waals surface area contributed by atoms with Crippen LogP contribution in [-0.4, -0.2) is 19.4 Å². The number of pyridine rings is 1. The Labute approximate surface area is 131 Å². The summed E-state index contributed by atoms with van der Waals surface area (Å²) in [5.74, 6) is 0.583. The summed E-state index contributed by atoms with van der Waals surface area (Å²) in [5, 5.41) is 0.0255. The van der Waals surface area contributed by atoms with Crippen LogP contribution in [0.2, 0.25) is 5.15 Å². The number of aromatic nitrogens is 1. The van der Waals surface area contributed by atoms with E-state index < -0.39 is 10.0 Å². The first kappa shape index (κ1) is 15.3. The summed E-state index contributed by atoms with van der Waals surface area (Å²) in [7, 11) is -3.63. The van der Waals surface area contributed by atoms with Crippen molar-refractivity contribution in [1.29, 1.82) is 0 Å². The Morgan fingerprint density at radius 3 is 2.62 bits per heavy atom. The zero-order valence-corrected chi connectivity index (χ0v) is 14.1. The van der Waals surface area contributed by atoms with Gasteiger partial charge in [-0.2, -0.15) is 0 Å². The van der Waals surface area contributed by atoms with Gasteiger partial charge in [-0.1, -0.05) is 32.4 Å². The van der Waals surface area contributed by atoms with E-state index in [4.69, 9.17) is 11.6 Å². The van der Waals surface area contributed by atoms with E-state index in [-0.39, 0.29) is 26.9 Å². The SMILES string of the molecule is CC1(C)C2CCC1(C)C(NS(=O)(=O)c1cccnc1Cl)C2. The molecule has 2 fully saturated rings. The molecule has 3 rings (SSSR count). The van der Waals surface area contributed by atoms with Crippen LogP contribution < -0.4 is 4.72 Å². The average Bonchev–Trinajstić information content (AvgIpc) is 2.72. The molecule has 116 valence electrons. The van der Waals surface area contributed by atoms with E-state index in [0.717, 1.165) is 12.8 Å². The topological polar surface area (TPSA) is 59.1 Å². The number of hydrogen-bond donors (Lipinski definition) is 1. The fraction of sp³-hybridized carbons (Fsp3) is 0.667. The monoisotopic (exact) mass is 328 g/mol. The van der Waals surface area contributed by atoms with E-state index in [0.29, 0.717) is 5.92 Å². The van der Waals surface area contributed by atoms with Gasteiger partial charge in [-0.05, 0) is 48.1 Å². The first-order valence-corrected chi connectivity index (χ1v) is 9.17. The molecule has 3 unspecified atom stereocenters. The minimum atomic E-state index is -3.63. The highest BCUT2D eigenvalue weighted by atomic mass is 35.5. The van der Waals surface area contributed by atoms with Gasteiger partial charge < -0.3 is 0 Å². The van der Waals surface area contributed by atoms with Crippen LogP contribution in [-0.2, 0) is 10.0 Å². The molecule has 1 heterocycles. The Hall–Kier alpha value is -0.650. The van der Waals surface area contributed by atoms with E-state index in [1.165, 1.54) is 18.7 Å². The maximum absolute atomic E-state index is 12.6. The minimum absolute atomic E-state index is 0.000574. The Bertz CT molecular complexity index is 674. The highest BCUT2D eigenvalue weighted by Gasteiger charge is 2.61. The second-order valence-electron chi connectivity index (χ2n) is 7.08. The van der Waals surface area contributed by atoms with Crippen molar-refractivity contribution < 1.29 is 8.42 Å². The molecule has 2 bridgehead atoms. The molecular formula is C15H21ClN2O2S. The van der Waals surface area contributed by atoms with Gasteiger partial charge in [0.25, 0.3) is 0 Å². The van der Waals surface area contributed by atoms with Crippen molar-refractivity contribution in [3.8, 4) is 0 Å². The molecule has 0 aliphatic heterocycles. The molecule has 2 saturated carbocycles. The molecule has 1 N–H and O–H groups in total. The molecule has 1 aromatic rings. The predicted molar refractivity (Wildman–Crippen MR) is 82.6 cm³/mol. The molecule has 3 atom stereocenters. The summed E-state index contributed by atoms with van der Waals surface area (Å²) in [6, 6.07) is 3.05. The molecule has 0 radical (unpaired) electrons. The van der Waals surface area contributed by atoms with Crippen LogP contribution in [0.15, 0.2) is 23.2 Å². The number of sulfonamides is 1. The molecule has 4 nitrogen and oxygen atoms in total. The van der Waals surface area contributed by atoms with Crippen molar-refractivity contribution in [2.75, 3.05) is 0 Å². The van der Waals surface area contributed by atoms with Crippen LogP contribution in [0.5, 0.6) is 0 Å². The summed E-state index contributed by atoms with van der Waals surface area (Å²) < 4.78 is 28.1. The number of rotatable bonds is 3. The lowest BCUT2D eigenvalue weighted by molar-refractivity contribution is 0.130. The number of nitrogens with zero attached hydrogens (tertiary/aromatic N) is 1. The molecular weight excluding hydrogens is 308 g/mol. The minimum Gasteiger partial charge on any atom is -0.243 e. The van der Waals surface area contributed by atoms with Gasteiger partial charge in [0.1, 0.15) is 10.0 Å². The summed E-state index contributed by atoms with van der Waals surface area (Å²) in [6.07, 6.45) is 4.65. The molecule has 21 heavy (non-hydrogen) atoms. The van der Waals surface area contributed by atoms with Gasteiger partial charge in [0.15, 0.2) is 0 Å². The van der Waals surface area contributed by atoms with Crippen LogP contribution in [0.1, 0.15) is 40.0 Å². The van der Waals surface area contributed by atoms with Gasteiger partial charge in [0.2, 0.25) is 10.0 Å². The summed E-state index contributed by atoms with van der Waals surface area (Å²) in [4.78, 5) is 3.93. The lowest BCUT2D eigenvalue weighted by atomic mass is 9.69. The normalized spacial score (nSPS) is 34.3. The van der Waals surface area contributed by atoms with Gasteiger partial charge >= 0.3 is 0 Å². The second kappa shape index (κ2) is 4.67. The van der Waals surface area contributed by atoms with E-state index >= 15 is 0 Å². The van der Waals surface area contributed by atoms with Crippen LogP contribution in [0.3, 0.4) is 0 Å². The third-order valence-electron chi connectivity index (χ3n) is 6.11. The molecule has 0 aromatic carbocycles. The van der Waals surface area contributed by atoms with Gasteiger partial charge in [-0.15, -0.1) is 0 Å². The summed E-state index contributed by atoms with van der Waals surface area (Å²) >= 11 is 5.93. The first-order chi connectivity index (χ1) is 9.68. The Balaban J connectivity index is 1.90. The zero-order chi connectivity index (χ0) is 15.5. The van der Waals surface area contributed by atoms with E-state index in [1.54, 1.807) is 6.07 Å². The van der Waals surface area contributed by atoms with Gasteiger partial charge in [-0.3, -0.25) is 0 Å². The Kier molecular flexibility index (Phi) is 3.39. The van der Waals surface area contributed by atoms with Gasteiger partial charge in [-0.25, -0.2) is 18.1 Å². The molecule has 2 aliphatic carbocycles. The largest absolute Gasteiger partial charge is 0.243 e. The number of nitrogens with one attached hydrogen (secondary N) is 1. The maximum atomic E-state index is 12.6. The Morgan fingerprint density at radius 2 is 2.10 bits per heavy atom. The summed E-state index contributed by atoms with van der Waals surface area (Å²) in [5.41, 5.74) is 0.165. The van der Waals surface area contributed by atoms with Crippen molar-refractivity contribution in [2.24, 2.45) is 16.7 Å². The third kappa shape index (κ3) is 2.13. The summed E-state index contributed by atoms with van der Waals surface area (Å²) in [6.45, 7) is 6.73. The smallest absolute Gasteiger partial charge is 0.243 e. The van der Waals surface area contributed by atoms with Crippen LogP contribution >= 0.6 is 11.6 Å². The number of hydrogen-bond acceptors (Lipinski definition) is 3. The highest BCUT2D eigenvalue weighted by molar-refractivity contribution is 7.89. The van der Waals surface area contributed by atoms with Crippen molar-refractivity contribution >= 4 is 21.6 Å². The lowest BCUT2D eigenvalue weighted by Crippen LogP contribution is -2.46. The van der Waals surface area contributed by atoms with E-state index in [1.807, 2.05) is 0 Å². The molecule has 2 aliphatic rings. The quantitative estimate of drug-likeness (QED) is 0.867. The van der Waals surface area contributed by atoms with Crippen molar-refractivity contribution in [1.82, 2.24) is 9.71 Å². The van der Waals surface area contributed by atoms with Crippen LogP contribution in [0.4, 0.5) is 0 Å². The standard InChI is InChI=1S/C15H21ClN2O2S/c1-14(2)10-6-7-15(14,3)12(9-10)18-21(19,20)11-5-4-8-17-13(11)16/h4-5,8,10,12,18H,6-7,9H2,1-3H3. The first-order valence-electron chi connectivity index (χ1n) is 7.31. The van der Waals surface area contributed by atoms with Crippen molar-refractivity contribution in [2.45, 2.75) is 51.0 Å². The van der Waals surface area contributed by atoms with E-state index in [9.17, 15) is 8.42 Å². The molecule has 1 aromatic heterocycles. The fourth-order valence-electron chi connectivity index (χ4n) is 4.20. The second-order valence-corrected chi connectivity index (χ2v) is 9.12. The lowest BCUT2D eigenvalue weighted by Gasteiger charge is -2.39. The van der Waals surface area contributed by atoms with Crippen LogP contribution in [0, 0.1) is 16.7 Å². The molecule has 6 heteroatoms. The fourth-order valence-corrected chi connectivity index (χ4v) is 6.02. The molecule has 0 amide bonds. The Morgan fingerprint density at radius 1 is 1.38 bits per heavy atom. The van der Waals surface area contributed by atoms with Crippen molar-refractivity contribution in [3.05, 3.63) is 23.5 Å². The van der Waals surface area contributed by atoms with Gasteiger partial charge in [0, 0.05) is 12.2 Å². The predicted octanol–water partition coefficient (Wildman–Crippen LogP) is 3.23. The third-order valence-corrected chi connectivity index (χ3v) is 8.02. The van der Waals surface area contributed by atoms with Gasteiger partial charge in [0.05, 0.1) is 0 Å². The maximum Gasteiger partial charge on any atom is 0.243 e. The van der Waals surface area contributed by atoms with E-state index in [2.05, 4.69) is 30.5 Å². The zero-order valence-electron chi connectivity index (χ0n) is 12.6. The number of fused-ring (bicyclic) bond motifs is 2. The highest BCUT2D eigenvalue weighted by Crippen LogP contribution is 2.65. The average molecular weight is 329 g/mol. The number of halogens is 1. The molecule has 0 spiro atoms. The van der Waals surface area contributed by atoms with Crippen molar-refractivity contribution in [3.63, 3.8) is 0 Å². The molecule has 0 saturated heterocycles. The van der Waals surface area contributed by atoms with Crippen LogP contribution in [0.25, 0.3) is 0 Å².